The van der Waals surface area contributed by atoms with Gasteiger partial charge in [0.2, 0.25) is 0 Å². The number of hydrogen-bond donors (Lipinski definition) is 2. The Morgan fingerprint density at radius 3 is 2.55 bits per heavy atom. The second-order valence-corrected chi connectivity index (χ2v) is 6.96. The third kappa shape index (κ3) is 5.23. The number of ether oxygens (including phenoxy) is 2. The number of carbonyl (C=O) groups excluding carboxylic acids is 2. The molecule has 2 aromatic rings. The normalized spacial score (nSPS) is 14.4. The lowest BCUT2D eigenvalue weighted by Gasteiger charge is -2.32. The van der Waals surface area contributed by atoms with E-state index in [4.69, 9.17) is 9.47 Å². The number of hydrogen-bond acceptors (Lipinski definition) is 7. The summed E-state index contributed by atoms with van der Waals surface area (Å²) in [4.78, 5) is 24.7. The molecule has 2 N–H and O–H groups in total. The maximum atomic E-state index is 13.0. The quantitative estimate of drug-likeness (QED) is 0.456. The molecule has 0 aliphatic carbocycles. The van der Waals surface area contributed by atoms with Crippen LogP contribution in [0.1, 0.15) is 38.3 Å². The number of carbonyl (C=O) groups is 2. The van der Waals surface area contributed by atoms with Crippen LogP contribution < -0.4 is 10.1 Å². The Balaban J connectivity index is 2.11. The molecule has 1 heterocycles. The number of benzene rings is 2. The number of allylic oxidation sites excluding steroid dienone is 1. The molecule has 1 aliphatic rings. The summed E-state index contributed by atoms with van der Waals surface area (Å²) >= 11 is 0. The summed E-state index contributed by atoms with van der Waals surface area (Å²) in [6.45, 7) is 5.22. The average Bonchev–Trinajstić information content (AvgIpc) is 2.81. The first-order chi connectivity index (χ1) is 16.0. The number of nitrogens with zero attached hydrogens (tertiary/aromatic N) is 2. The van der Waals surface area contributed by atoms with E-state index in [1.54, 1.807) is 32.0 Å². The van der Waals surface area contributed by atoms with Crippen LogP contribution in [0.2, 0.25) is 0 Å². The van der Waals surface area contributed by atoms with Gasteiger partial charge in [-0.05, 0) is 38.5 Å². The number of rotatable bonds is 8. The fraction of sp³-hybridized carbons (Fsp3) is 0.240. The van der Waals surface area contributed by atoms with Gasteiger partial charge >= 0.3 is 5.97 Å². The number of para-hydroxylation sites is 1. The van der Waals surface area contributed by atoms with Crippen molar-refractivity contribution in [3.8, 4) is 11.5 Å². The van der Waals surface area contributed by atoms with Crippen LogP contribution in [-0.2, 0) is 14.3 Å². The zero-order valence-corrected chi connectivity index (χ0v) is 18.9. The third-order valence-corrected chi connectivity index (χ3v) is 4.71. The Morgan fingerprint density at radius 1 is 1.12 bits per heavy atom. The van der Waals surface area contributed by atoms with Gasteiger partial charge in [0.25, 0.3) is 5.91 Å². The van der Waals surface area contributed by atoms with Gasteiger partial charge in [-0.3, -0.25) is 9.59 Å². The Bertz CT molecular complexity index is 1110. The van der Waals surface area contributed by atoms with Crippen LogP contribution in [0.25, 0.3) is 11.5 Å². The topological polar surface area (TPSA) is 100 Å². The predicted octanol–water partition coefficient (Wildman–Crippen LogP) is 4.46. The molecule has 2 aromatic carbocycles. The van der Waals surface area contributed by atoms with E-state index in [9.17, 15) is 14.7 Å². The molecule has 0 spiro atoms. The van der Waals surface area contributed by atoms with Crippen LogP contribution in [0, 0.1) is 0 Å². The molecule has 0 saturated carbocycles. The van der Waals surface area contributed by atoms with Crippen LogP contribution in [0.15, 0.2) is 65.4 Å². The van der Waals surface area contributed by atoms with Gasteiger partial charge in [-0.2, -0.15) is 5.10 Å². The van der Waals surface area contributed by atoms with Crippen LogP contribution in [-0.4, -0.2) is 41.4 Å². The van der Waals surface area contributed by atoms with Gasteiger partial charge in [-0.25, -0.2) is 5.01 Å². The number of nitrogens with one attached hydrogen (secondary N) is 1. The number of amides is 1. The summed E-state index contributed by atoms with van der Waals surface area (Å²) in [5.74, 6) is -0.367. The lowest BCUT2D eigenvalue weighted by atomic mass is 9.95. The van der Waals surface area contributed by atoms with Gasteiger partial charge in [-0.15, -0.1) is 0 Å². The van der Waals surface area contributed by atoms with E-state index in [-0.39, 0.29) is 24.6 Å². The van der Waals surface area contributed by atoms with Crippen molar-refractivity contribution in [2.75, 3.05) is 13.2 Å². The molecule has 8 nitrogen and oxygen atoms in total. The van der Waals surface area contributed by atoms with Crippen molar-refractivity contribution >= 4 is 29.5 Å². The fourth-order valence-electron chi connectivity index (χ4n) is 3.42. The molecule has 3 rings (SSSR count). The minimum atomic E-state index is -0.659. The second kappa shape index (κ2) is 11.0. The lowest BCUT2D eigenvalue weighted by Crippen LogP contribution is -2.38. The van der Waals surface area contributed by atoms with Gasteiger partial charge < -0.3 is 19.9 Å². The maximum Gasteiger partial charge on any atom is 0.325 e. The minimum Gasteiger partial charge on any atom is -0.505 e. The Kier molecular flexibility index (Phi) is 7.86. The molecule has 0 aromatic heterocycles. The van der Waals surface area contributed by atoms with Crippen molar-refractivity contribution in [2.24, 2.45) is 5.10 Å². The fourth-order valence-corrected chi connectivity index (χ4v) is 3.42. The van der Waals surface area contributed by atoms with E-state index in [0.717, 1.165) is 0 Å². The predicted molar refractivity (Wildman–Crippen MR) is 126 cm³/mol. The van der Waals surface area contributed by atoms with E-state index in [0.29, 0.717) is 34.7 Å². The molecule has 1 amide bonds. The first kappa shape index (κ1) is 23.6. The van der Waals surface area contributed by atoms with Crippen molar-refractivity contribution in [3.63, 3.8) is 0 Å². The molecular weight excluding hydrogens is 422 g/mol. The highest BCUT2D eigenvalue weighted by Crippen LogP contribution is 2.43. The number of aliphatic hydroxyl groups excluding tert-OH is 1. The van der Waals surface area contributed by atoms with Gasteiger partial charge in [0.15, 0.2) is 11.5 Å². The Morgan fingerprint density at radius 2 is 1.88 bits per heavy atom. The molecule has 172 valence electrons. The van der Waals surface area contributed by atoms with Gasteiger partial charge in [0.05, 0.1) is 17.9 Å². The first-order valence-corrected chi connectivity index (χ1v) is 10.7. The summed E-state index contributed by atoms with van der Waals surface area (Å²) in [5, 5.41) is 19.3. The van der Waals surface area contributed by atoms with E-state index in [1.807, 2.05) is 43.3 Å². The number of esters is 1. The summed E-state index contributed by atoms with van der Waals surface area (Å²) in [5.41, 5.74) is 1.51. The van der Waals surface area contributed by atoms with Crippen molar-refractivity contribution in [3.05, 3.63) is 71.4 Å². The molecule has 1 aliphatic heterocycles. The van der Waals surface area contributed by atoms with Gasteiger partial charge in [0, 0.05) is 11.8 Å². The number of fused-ring (bicyclic) bond motifs is 1. The Labute approximate surface area is 192 Å². The van der Waals surface area contributed by atoms with Crippen LogP contribution in [0.4, 0.5) is 0 Å². The van der Waals surface area contributed by atoms with Crippen molar-refractivity contribution in [2.45, 2.75) is 27.2 Å². The van der Waals surface area contributed by atoms with Gasteiger partial charge in [0.1, 0.15) is 18.0 Å². The number of hydrazone groups is 1. The van der Waals surface area contributed by atoms with E-state index < -0.39 is 11.9 Å². The molecule has 0 radical (unpaired) electrons. The van der Waals surface area contributed by atoms with E-state index >= 15 is 0 Å². The highest BCUT2D eigenvalue weighted by Gasteiger charge is 2.35. The zero-order chi connectivity index (χ0) is 23.8. The van der Waals surface area contributed by atoms with E-state index in [2.05, 4.69) is 10.4 Å². The van der Waals surface area contributed by atoms with Crippen molar-refractivity contribution < 1.29 is 24.2 Å². The average molecular weight is 450 g/mol. The third-order valence-electron chi connectivity index (χ3n) is 4.71. The minimum absolute atomic E-state index is 0.0959. The van der Waals surface area contributed by atoms with Crippen LogP contribution in [0.5, 0.6) is 11.5 Å². The summed E-state index contributed by atoms with van der Waals surface area (Å²) in [6.07, 6.45) is 4.05. The zero-order valence-electron chi connectivity index (χ0n) is 18.9. The molecule has 33 heavy (non-hydrogen) atoms. The molecular formula is C25H27N3O5. The summed E-state index contributed by atoms with van der Waals surface area (Å²) in [7, 11) is 0. The molecule has 8 heteroatoms. The smallest absolute Gasteiger partial charge is 0.325 e. The Hall–Kier alpha value is -4.07. The monoisotopic (exact) mass is 449 g/mol. The summed E-state index contributed by atoms with van der Waals surface area (Å²) in [6, 6.07) is 14.5. The summed E-state index contributed by atoms with van der Waals surface area (Å²) < 4.78 is 11.0. The van der Waals surface area contributed by atoms with Crippen LogP contribution in [0.3, 0.4) is 0 Å². The van der Waals surface area contributed by atoms with Crippen molar-refractivity contribution in [1.82, 2.24) is 10.3 Å². The highest BCUT2D eigenvalue weighted by molar-refractivity contribution is 6.05. The molecule has 0 atom stereocenters. The standard InChI is InChI=1S/C25H27N3O5/c1-4-11-19-22-18(14-10-15-20(22)33-17-12-8-7-9-13-17)24(30)23(28(19)27-5-2)25(31)26-16-21(29)32-6-3/h5,7-15,30H,4,6,16H2,1-3H3,(H,26,31)/b19-11+,27-5-. The lowest BCUT2D eigenvalue weighted by molar-refractivity contribution is -0.143. The largest absolute Gasteiger partial charge is 0.505 e. The second-order valence-electron chi connectivity index (χ2n) is 6.96. The molecule has 0 fully saturated rings. The molecule has 0 saturated heterocycles. The van der Waals surface area contributed by atoms with Crippen molar-refractivity contribution in [1.29, 1.82) is 0 Å². The SMILES string of the molecule is C/C=N\N1C(C(=O)NCC(=O)OCC)=C(O)c2cccc(Oc3ccccc3)c2/C1=C\CC. The maximum absolute atomic E-state index is 13.0. The highest BCUT2D eigenvalue weighted by atomic mass is 16.5. The molecule has 0 bridgehead atoms. The molecule has 0 unspecified atom stereocenters. The number of aliphatic hydroxyl groups is 1. The first-order valence-electron chi connectivity index (χ1n) is 10.7. The van der Waals surface area contributed by atoms with Gasteiger partial charge in [-0.1, -0.05) is 43.3 Å². The van der Waals surface area contributed by atoms with Crippen LogP contribution >= 0.6 is 0 Å². The van der Waals surface area contributed by atoms with E-state index in [1.165, 1.54) is 11.2 Å².